The summed E-state index contributed by atoms with van der Waals surface area (Å²) in [6.45, 7) is 4.35. The van der Waals surface area contributed by atoms with Gasteiger partial charge in [0, 0.05) is 9.58 Å². The predicted molar refractivity (Wildman–Crippen MR) is 93.1 cm³/mol. The number of thiophene rings is 1. The van der Waals surface area contributed by atoms with Gasteiger partial charge in [0.25, 0.3) is 0 Å². The van der Waals surface area contributed by atoms with Crippen LogP contribution in [-0.4, -0.2) is 0 Å². The van der Waals surface area contributed by atoms with Crippen LogP contribution in [0.5, 0.6) is 0 Å². The molecule has 1 atom stereocenters. The van der Waals surface area contributed by atoms with Crippen LogP contribution in [0.15, 0.2) is 48.5 Å². The van der Waals surface area contributed by atoms with Crippen molar-refractivity contribution in [2.75, 3.05) is 0 Å². The third-order valence-corrected chi connectivity index (χ3v) is 6.09. The van der Waals surface area contributed by atoms with Crippen LogP contribution >= 0.6 is 27.3 Å². The molecule has 0 saturated carbocycles. The molecule has 0 bridgehead atoms. The van der Waals surface area contributed by atoms with Crippen molar-refractivity contribution in [2.24, 2.45) is 0 Å². The van der Waals surface area contributed by atoms with Crippen LogP contribution in [0.4, 0.5) is 0 Å². The fourth-order valence-electron chi connectivity index (χ4n) is 2.39. The highest BCUT2D eigenvalue weighted by Gasteiger charge is 2.12. The SMILES string of the molecule is Cc1ccc(CC(Br)c2cc3ccccc3s2)cc1C. The summed E-state index contributed by atoms with van der Waals surface area (Å²) in [5.74, 6) is 0. The smallest absolute Gasteiger partial charge is 0.0529 e. The fourth-order valence-corrected chi connectivity index (χ4v) is 4.22. The minimum Gasteiger partial charge on any atom is -0.139 e. The third-order valence-electron chi connectivity index (χ3n) is 3.74. The van der Waals surface area contributed by atoms with E-state index in [1.165, 1.54) is 31.7 Å². The molecule has 3 aromatic rings. The van der Waals surface area contributed by atoms with Crippen molar-refractivity contribution in [1.82, 2.24) is 0 Å². The maximum absolute atomic E-state index is 3.85. The first-order valence-corrected chi connectivity index (χ1v) is 8.55. The zero-order valence-electron chi connectivity index (χ0n) is 11.7. The highest BCUT2D eigenvalue weighted by Crippen LogP contribution is 2.36. The molecule has 0 radical (unpaired) electrons. The molecule has 2 aromatic carbocycles. The lowest BCUT2D eigenvalue weighted by Crippen LogP contribution is -1.94. The lowest BCUT2D eigenvalue weighted by Gasteiger charge is -2.09. The van der Waals surface area contributed by atoms with Gasteiger partial charge in [-0.1, -0.05) is 52.3 Å². The summed E-state index contributed by atoms with van der Waals surface area (Å²) in [6.07, 6.45) is 1.04. The molecule has 0 N–H and O–H groups in total. The van der Waals surface area contributed by atoms with Gasteiger partial charge in [0.15, 0.2) is 0 Å². The van der Waals surface area contributed by atoms with Gasteiger partial charge >= 0.3 is 0 Å². The summed E-state index contributed by atoms with van der Waals surface area (Å²) >= 11 is 5.74. The van der Waals surface area contributed by atoms with Crippen molar-refractivity contribution in [3.63, 3.8) is 0 Å². The van der Waals surface area contributed by atoms with Gasteiger partial charge < -0.3 is 0 Å². The summed E-state index contributed by atoms with van der Waals surface area (Å²) in [5, 5.41) is 1.34. The zero-order chi connectivity index (χ0) is 14.1. The van der Waals surface area contributed by atoms with E-state index in [1.807, 2.05) is 11.3 Å². The largest absolute Gasteiger partial charge is 0.139 e. The Hall–Kier alpha value is -1.12. The Kier molecular flexibility index (Phi) is 3.95. The molecule has 1 aromatic heterocycles. The summed E-state index contributed by atoms with van der Waals surface area (Å²) < 4.78 is 1.37. The highest BCUT2D eigenvalue weighted by molar-refractivity contribution is 9.09. The van der Waals surface area contributed by atoms with Crippen molar-refractivity contribution >= 4 is 37.4 Å². The van der Waals surface area contributed by atoms with Crippen molar-refractivity contribution in [3.8, 4) is 0 Å². The van der Waals surface area contributed by atoms with Crippen molar-refractivity contribution < 1.29 is 0 Å². The summed E-state index contributed by atoms with van der Waals surface area (Å²) in [7, 11) is 0. The monoisotopic (exact) mass is 344 g/mol. The number of hydrogen-bond acceptors (Lipinski definition) is 1. The van der Waals surface area contributed by atoms with E-state index >= 15 is 0 Å². The van der Waals surface area contributed by atoms with Crippen LogP contribution in [-0.2, 0) is 6.42 Å². The van der Waals surface area contributed by atoms with Gasteiger partial charge in [-0.05, 0) is 54.5 Å². The Labute approximate surface area is 132 Å². The third kappa shape index (κ3) is 2.82. The van der Waals surface area contributed by atoms with Crippen molar-refractivity contribution in [3.05, 3.63) is 70.1 Å². The Morgan fingerprint density at radius 2 is 1.80 bits per heavy atom. The van der Waals surface area contributed by atoms with Crippen LogP contribution in [0.3, 0.4) is 0 Å². The zero-order valence-corrected chi connectivity index (χ0v) is 14.1. The van der Waals surface area contributed by atoms with Crippen LogP contribution in [0, 0.1) is 13.8 Å². The number of rotatable bonds is 3. The summed E-state index contributed by atoms with van der Waals surface area (Å²) in [4.78, 5) is 1.80. The van der Waals surface area contributed by atoms with E-state index in [4.69, 9.17) is 0 Å². The van der Waals surface area contributed by atoms with E-state index in [9.17, 15) is 0 Å². The molecule has 0 aliphatic heterocycles. The van der Waals surface area contributed by atoms with Crippen LogP contribution < -0.4 is 0 Å². The first-order valence-electron chi connectivity index (χ1n) is 6.82. The van der Waals surface area contributed by atoms with E-state index in [-0.39, 0.29) is 0 Å². The summed E-state index contributed by atoms with van der Waals surface area (Å²) in [6, 6.07) is 17.7. The molecule has 0 spiro atoms. The van der Waals surface area contributed by atoms with Gasteiger partial charge in [-0.3, -0.25) is 0 Å². The highest BCUT2D eigenvalue weighted by atomic mass is 79.9. The van der Waals surface area contributed by atoms with E-state index in [0.29, 0.717) is 4.83 Å². The number of halogens is 1. The maximum Gasteiger partial charge on any atom is 0.0529 e. The maximum atomic E-state index is 3.85. The fraction of sp³-hybridized carbons (Fsp3) is 0.222. The van der Waals surface area contributed by atoms with Gasteiger partial charge in [-0.2, -0.15) is 0 Å². The van der Waals surface area contributed by atoms with E-state index in [2.05, 4.69) is 78.3 Å². The normalized spacial score (nSPS) is 12.8. The Balaban J connectivity index is 1.84. The average Bonchev–Trinajstić information content (AvgIpc) is 2.87. The molecule has 0 saturated heterocycles. The molecule has 0 aliphatic carbocycles. The molecule has 0 aliphatic rings. The van der Waals surface area contributed by atoms with E-state index in [1.54, 1.807) is 0 Å². The predicted octanol–water partition coefficient (Wildman–Crippen LogP) is 6.20. The van der Waals surface area contributed by atoms with Gasteiger partial charge in [0.2, 0.25) is 0 Å². The quantitative estimate of drug-likeness (QED) is 0.496. The second-order valence-electron chi connectivity index (χ2n) is 5.28. The van der Waals surface area contributed by atoms with Crippen LogP contribution in [0.25, 0.3) is 10.1 Å². The van der Waals surface area contributed by atoms with Crippen LogP contribution in [0.1, 0.15) is 26.4 Å². The second-order valence-corrected chi connectivity index (χ2v) is 7.50. The first-order chi connectivity index (χ1) is 9.63. The molecule has 20 heavy (non-hydrogen) atoms. The number of benzene rings is 2. The van der Waals surface area contributed by atoms with Crippen LogP contribution in [0.2, 0.25) is 0 Å². The molecule has 1 heterocycles. The van der Waals surface area contributed by atoms with Crippen molar-refractivity contribution in [2.45, 2.75) is 25.1 Å². The number of alkyl halides is 1. The molecular formula is C18H17BrS. The summed E-state index contributed by atoms with van der Waals surface area (Å²) in [5.41, 5.74) is 4.13. The number of fused-ring (bicyclic) bond motifs is 1. The van der Waals surface area contributed by atoms with Gasteiger partial charge in [0.1, 0.15) is 0 Å². The topological polar surface area (TPSA) is 0 Å². The Morgan fingerprint density at radius 1 is 1.00 bits per heavy atom. The lowest BCUT2D eigenvalue weighted by atomic mass is 10.0. The van der Waals surface area contributed by atoms with Gasteiger partial charge in [0.05, 0.1) is 4.83 Å². The number of aryl methyl sites for hydroxylation is 2. The molecule has 0 nitrogen and oxygen atoms in total. The molecule has 3 rings (SSSR count). The van der Waals surface area contributed by atoms with E-state index in [0.717, 1.165) is 6.42 Å². The molecule has 0 fully saturated rings. The lowest BCUT2D eigenvalue weighted by molar-refractivity contribution is 0.966. The van der Waals surface area contributed by atoms with Gasteiger partial charge in [-0.25, -0.2) is 0 Å². The molecule has 1 unspecified atom stereocenters. The molecule has 2 heteroatoms. The second kappa shape index (κ2) is 5.71. The van der Waals surface area contributed by atoms with Gasteiger partial charge in [-0.15, -0.1) is 11.3 Å². The first kappa shape index (κ1) is 13.8. The minimum atomic E-state index is 0.391. The average molecular weight is 345 g/mol. The standard InChI is InChI=1S/C18H17BrS/c1-12-7-8-14(9-13(12)2)10-16(19)18-11-15-5-3-4-6-17(15)20-18/h3-9,11,16H,10H2,1-2H3. The minimum absolute atomic E-state index is 0.391. The Bertz CT molecular complexity index is 709. The Morgan fingerprint density at radius 3 is 2.55 bits per heavy atom. The number of hydrogen-bond donors (Lipinski definition) is 0. The molecule has 0 amide bonds. The van der Waals surface area contributed by atoms with Crippen molar-refractivity contribution in [1.29, 1.82) is 0 Å². The van der Waals surface area contributed by atoms with E-state index < -0.39 is 0 Å². The molecular weight excluding hydrogens is 328 g/mol. The molecule has 102 valence electrons.